The summed E-state index contributed by atoms with van der Waals surface area (Å²) in [7, 11) is 0. The number of hydrogen-bond acceptors (Lipinski definition) is 3. The van der Waals surface area contributed by atoms with Gasteiger partial charge in [-0.15, -0.1) is 0 Å². The van der Waals surface area contributed by atoms with Crippen molar-refractivity contribution in [1.29, 1.82) is 0 Å². The van der Waals surface area contributed by atoms with Crippen LogP contribution < -0.4 is 0 Å². The lowest BCUT2D eigenvalue weighted by atomic mass is 9.89. The Balaban J connectivity index is 1.38. The first-order valence-electron chi connectivity index (χ1n) is 14.6. The second kappa shape index (κ2) is 8.37. The molecule has 0 aliphatic rings. The lowest BCUT2D eigenvalue weighted by molar-refractivity contribution is 0.670. The third-order valence-electron chi connectivity index (χ3n) is 8.94. The number of para-hydroxylation sites is 2. The van der Waals surface area contributed by atoms with Gasteiger partial charge >= 0.3 is 0 Å². The van der Waals surface area contributed by atoms with Gasteiger partial charge in [-0.05, 0) is 80.2 Å². The predicted octanol–water partition coefficient (Wildman–Crippen LogP) is 10.9. The summed E-state index contributed by atoms with van der Waals surface area (Å²) in [5, 5.41) is 12.1. The molecule has 0 radical (unpaired) electrons. The van der Waals surface area contributed by atoms with Crippen LogP contribution in [0.5, 0.6) is 0 Å². The molecule has 0 aliphatic carbocycles. The van der Waals surface area contributed by atoms with Crippen molar-refractivity contribution >= 4 is 76.1 Å². The van der Waals surface area contributed by atoms with Gasteiger partial charge in [-0.1, -0.05) is 91.0 Å². The Hall–Kier alpha value is -5.80. The van der Waals surface area contributed by atoms with Crippen LogP contribution in [0.2, 0.25) is 0 Å². The van der Waals surface area contributed by atoms with Crippen LogP contribution in [0, 0.1) is 0 Å². The van der Waals surface area contributed by atoms with Gasteiger partial charge in [-0.25, -0.2) is 9.97 Å². The number of benzene rings is 8. The van der Waals surface area contributed by atoms with Gasteiger partial charge in [-0.3, -0.25) is 0 Å². The molecule has 0 unspecified atom stereocenters. The molecule has 10 aromatic rings. The topological polar surface area (TPSA) is 38.9 Å². The average Bonchev–Trinajstić information content (AvgIpc) is 3.44. The molecule has 0 bridgehead atoms. The Kier molecular flexibility index (Phi) is 4.45. The van der Waals surface area contributed by atoms with E-state index in [4.69, 9.17) is 14.4 Å². The van der Waals surface area contributed by atoms with E-state index in [1.165, 1.54) is 48.5 Å². The highest BCUT2D eigenvalue weighted by Crippen LogP contribution is 2.47. The zero-order chi connectivity index (χ0) is 28.1. The van der Waals surface area contributed by atoms with Crippen molar-refractivity contribution in [3.8, 4) is 22.5 Å². The number of hydrogen-bond donors (Lipinski definition) is 0. The van der Waals surface area contributed by atoms with Crippen molar-refractivity contribution in [3.05, 3.63) is 133 Å². The van der Waals surface area contributed by atoms with Crippen molar-refractivity contribution in [2.24, 2.45) is 0 Å². The maximum absolute atomic E-state index is 6.51. The van der Waals surface area contributed by atoms with Crippen molar-refractivity contribution in [2.75, 3.05) is 0 Å². The number of rotatable bonds is 2. The van der Waals surface area contributed by atoms with Crippen molar-refractivity contribution in [1.82, 2.24) is 9.97 Å². The summed E-state index contributed by atoms with van der Waals surface area (Å²) in [6.07, 6.45) is 0. The van der Waals surface area contributed by atoms with E-state index in [1.54, 1.807) is 0 Å². The fourth-order valence-corrected chi connectivity index (χ4v) is 7.01. The Bertz CT molecular complexity index is 2720. The maximum atomic E-state index is 6.51. The summed E-state index contributed by atoms with van der Waals surface area (Å²) >= 11 is 0. The molecule has 0 atom stereocenters. The Morgan fingerprint density at radius 3 is 1.86 bits per heavy atom. The molecule has 0 saturated heterocycles. The molecule has 8 aromatic carbocycles. The minimum absolute atomic E-state index is 0.881. The lowest BCUT2D eigenvalue weighted by Gasteiger charge is -2.14. The predicted molar refractivity (Wildman–Crippen MR) is 179 cm³/mol. The van der Waals surface area contributed by atoms with E-state index in [2.05, 4.69) is 103 Å². The molecule has 2 aromatic heterocycles. The van der Waals surface area contributed by atoms with Gasteiger partial charge < -0.3 is 4.42 Å². The zero-order valence-corrected chi connectivity index (χ0v) is 23.0. The SMILES string of the molecule is c1ccc(-c2nc3ccccc3nc2-c2ccc3cc4oc5cccc6c7cc8ccccc8cc7c(c3c2)c4c56)cc1. The number of fused-ring (bicyclic) bond motifs is 7. The smallest absolute Gasteiger partial charge is 0.136 e. The third kappa shape index (κ3) is 3.19. The van der Waals surface area contributed by atoms with E-state index < -0.39 is 0 Å². The van der Waals surface area contributed by atoms with Crippen LogP contribution in [0.15, 0.2) is 138 Å². The number of furan rings is 1. The number of nitrogens with zero attached hydrogens (tertiary/aromatic N) is 2. The molecular formula is C40H22N2O. The summed E-state index contributed by atoms with van der Waals surface area (Å²) in [5.41, 5.74) is 7.48. The molecule has 0 fully saturated rings. The summed E-state index contributed by atoms with van der Waals surface area (Å²) in [6.45, 7) is 0. The number of aromatic nitrogens is 2. The molecule has 198 valence electrons. The highest BCUT2D eigenvalue weighted by molar-refractivity contribution is 6.39. The van der Waals surface area contributed by atoms with Crippen molar-refractivity contribution in [2.45, 2.75) is 0 Å². The van der Waals surface area contributed by atoms with Gasteiger partial charge in [0.1, 0.15) is 11.2 Å². The van der Waals surface area contributed by atoms with Crippen LogP contribution in [-0.2, 0) is 0 Å². The van der Waals surface area contributed by atoms with Crippen molar-refractivity contribution in [3.63, 3.8) is 0 Å². The summed E-state index contributed by atoms with van der Waals surface area (Å²) < 4.78 is 6.51. The molecule has 0 spiro atoms. The fourth-order valence-electron chi connectivity index (χ4n) is 7.01. The fraction of sp³-hybridized carbons (Fsp3) is 0. The van der Waals surface area contributed by atoms with E-state index in [0.717, 1.165) is 50.1 Å². The first-order valence-corrected chi connectivity index (χ1v) is 14.6. The molecule has 3 heteroatoms. The zero-order valence-electron chi connectivity index (χ0n) is 23.0. The molecule has 10 rings (SSSR count). The minimum atomic E-state index is 0.881. The lowest BCUT2D eigenvalue weighted by Crippen LogP contribution is -1.95. The van der Waals surface area contributed by atoms with Crippen LogP contribution in [-0.4, -0.2) is 9.97 Å². The van der Waals surface area contributed by atoms with E-state index in [1.807, 2.05) is 30.3 Å². The second-order valence-corrected chi connectivity index (χ2v) is 11.4. The molecule has 3 nitrogen and oxygen atoms in total. The Morgan fingerprint density at radius 2 is 1.07 bits per heavy atom. The standard InChI is InChI=1S/C40H22N2O/c1-2-9-23(10-3-1)39-40(42-33-15-7-6-14-32(33)41-39)27-18-17-26-22-35-38-36(29(26)21-27)31-20-25-12-5-4-11-24(25)19-30(31)28-13-8-16-34(43-35)37(28)38/h1-22H. The molecule has 43 heavy (non-hydrogen) atoms. The van der Waals surface area contributed by atoms with E-state index >= 15 is 0 Å². The second-order valence-electron chi connectivity index (χ2n) is 11.4. The molecule has 0 aliphatic heterocycles. The molecule has 0 amide bonds. The summed E-state index contributed by atoms with van der Waals surface area (Å²) in [6, 6.07) is 47.1. The van der Waals surface area contributed by atoms with E-state index in [-0.39, 0.29) is 0 Å². The quantitative estimate of drug-likeness (QED) is 0.160. The highest BCUT2D eigenvalue weighted by atomic mass is 16.3. The highest BCUT2D eigenvalue weighted by Gasteiger charge is 2.21. The van der Waals surface area contributed by atoms with Crippen LogP contribution >= 0.6 is 0 Å². The van der Waals surface area contributed by atoms with Gasteiger partial charge in [-0.2, -0.15) is 0 Å². The van der Waals surface area contributed by atoms with Gasteiger partial charge in [0, 0.05) is 27.3 Å². The van der Waals surface area contributed by atoms with Crippen LogP contribution in [0.1, 0.15) is 0 Å². The monoisotopic (exact) mass is 546 g/mol. The third-order valence-corrected chi connectivity index (χ3v) is 8.94. The summed E-state index contributed by atoms with van der Waals surface area (Å²) in [4.78, 5) is 10.3. The largest absolute Gasteiger partial charge is 0.456 e. The maximum Gasteiger partial charge on any atom is 0.136 e. The van der Waals surface area contributed by atoms with Crippen LogP contribution in [0.3, 0.4) is 0 Å². The molecule has 0 saturated carbocycles. The minimum Gasteiger partial charge on any atom is -0.456 e. The first kappa shape index (κ1) is 22.8. The molecular weight excluding hydrogens is 524 g/mol. The average molecular weight is 547 g/mol. The first-order chi connectivity index (χ1) is 21.3. The molecule has 0 N–H and O–H groups in total. The van der Waals surface area contributed by atoms with E-state index in [0.29, 0.717) is 0 Å². The van der Waals surface area contributed by atoms with Gasteiger partial charge in [0.05, 0.1) is 22.4 Å². The van der Waals surface area contributed by atoms with Gasteiger partial charge in [0.2, 0.25) is 0 Å². The van der Waals surface area contributed by atoms with Gasteiger partial charge in [0.25, 0.3) is 0 Å². The van der Waals surface area contributed by atoms with Crippen LogP contribution in [0.25, 0.3) is 98.6 Å². The van der Waals surface area contributed by atoms with Crippen molar-refractivity contribution < 1.29 is 4.42 Å². The molecule has 2 heterocycles. The Labute approximate surface area is 246 Å². The van der Waals surface area contributed by atoms with Crippen LogP contribution in [0.4, 0.5) is 0 Å². The normalized spacial score (nSPS) is 12.2. The van der Waals surface area contributed by atoms with E-state index in [9.17, 15) is 0 Å². The summed E-state index contributed by atoms with van der Waals surface area (Å²) in [5.74, 6) is 0. The Morgan fingerprint density at radius 1 is 0.372 bits per heavy atom. The van der Waals surface area contributed by atoms with Gasteiger partial charge in [0.15, 0.2) is 0 Å².